The van der Waals surface area contributed by atoms with Gasteiger partial charge in [0.1, 0.15) is 6.04 Å². The van der Waals surface area contributed by atoms with Crippen molar-refractivity contribution in [1.29, 1.82) is 0 Å². The van der Waals surface area contributed by atoms with Crippen LogP contribution >= 0.6 is 17.0 Å². The van der Waals surface area contributed by atoms with Gasteiger partial charge in [-0.3, -0.25) is 4.79 Å². The summed E-state index contributed by atoms with van der Waals surface area (Å²) in [6, 6.07) is 5.48. The Morgan fingerprint density at radius 3 is 2.29 bits per heavy atom. The maximum atomic E-state index is 12.1. The molecule has 0 unspecified atom stereocenters. The number of benzene rings is 1. The number of rotatable bonds is 8. The second kappa shape index (κ2) is 9.14. The maximum Gasteiger partial charge on any atom is 0.241 e. The molecule has 0 aliphatic rings. The van der Waals surface area contributed by atoms with E-state index >= 15 is 0 Å². The summed E-state index contributed by atoms with van der Waals surface area (Å²) in [5.41, 5.74) is 11.6. The van der Waals surface area contributed by atoms with E-state index in [4.69, 9.17) is 11.5 Å². The van der Waals surface area contributed by atoms with Crippen molar-refractivity contribution in [2.24, 2.45) is 11.5 Å². The second-order valence-corrected chi connectivity index (χ2v) is 6.39. The van der Waals surface area contributed by atoms with Crippen LogP contribution in [0.1, 0.15) is 24.8 Å². The molecule has 120 valence electrons. The topological polar surface area (TPSA) is 115 Å². The van der Waals surface area contributed by atoms with Crippen molar-refractivity contribution >= 4 is 32.9 Å². The lowest BCUT2D eigenvalue weighted by atomic mass is 10.1. The van der Waals surface area contributed by atoms with Crippen molar-refractivity contribution in [3.8, 4) is 0 Å². The van der Waals surface area contributed by atoms with E-state index in [1.807, 2.05) is 6.92 Å². The number of hydrogen-bond acceptors (Lipinski definition) is 4. The smallest absolute Gasteiger partial charge is 0.241 e. The quantitative estimate of drug-likeness (QED) is 0.580. The molecule has 1 amide bonds. The van der Waals surface area contributed by atoms with Crippen LogP contribution in [0.25, 0.3) is 0 Å². The zero-order valence-corrected chi connectivity index (χ0v) is 14.4. The van der Waals surface area contributed by atoms with E-state index in [9.17, 15) is 13.2 Å². The van der Waals surface area contributed by atoms with Crippen LogP contribution in [0.5, 0.6) is 0 Å². The minimum absolute atomic E-state index is 0. The summed E-state index contributed by atoms with van der Waals surface area (Å²) in [6.07, 6.45) is 1.70. The molecular weight excluding hydrogens is 358 g/mol. The molecule has 1 atom stereocenters. The third kappa shape index (κ3) is 6.56. The Morgan fingerprint density at radius 1 is 1.24 bits per heavy atom. The first-order valence-corrected chi connectivity index (χ1v) is 7.93. The van der Waals surface area contributed by atoms with E-state index < -0.39 is 22.0 Å². The fourth-order valence-corrected chi connectivity index (χ4v) is 2.96. The molecule has 0 spiro atoms. The Hall–Kier alpha value is -0.960. The number of aryl methyl sites for hydroxylation is 1. The van der Waals surface area contributed by atoms with Gasteiger partial charge in [0.05, 0.1) is 4.90 Å². The monoisotopic (exact) mass is 379 g/mol. The maximum absolute atomic E-state index is 12.1. The number of nitrogens with two attached hydrogens (primary N) is 2. The summed E-state index contributed by atoms with van der Waals surface area (Å²) in [5, 5.41) is 0. The predicted molar refractivity (Wildman–Crippen MR) is 87.7 cm³/mol. The van der Waals surface area contributed by atoms with Crippen molar-refractivity contribution in [3.05, 3.63) is 29.8 Å². The number of hydrogen-bond donors (Lipinski definition) is 3. The van der Waals surface area contributed by atoms with Gasteiger partial charge in [0.2, 0.25) is 15.9 Å². The summed E-state index contributed by atoms with van der Waals surface area (Å²) in [5.74, 6) is -0.683. The van der Waals surface area contributed by atoms with Gasteiger partial charge in [-0.2, -0.15) is 4.72 Å². The Bertz CT molecular complexity index is 546. The largest absolute Gasteiger partial charge is 0.368 e. The van der Waals surface area contributed by atoms with E-state index in [0.717, 1.165) is 12.0 Å². The summed E-state index contributed by atoms with van der Waals surface area (Å²) >= 11 is 0. The van der Waals surface area contributed by atoms with E-state index in [0.29, 0.717) is 19.4 Å². The Balaban J connectivity index is 0.00000400. The first-order chi connectivity index (χ1) is 9.36. The van der Waals surface area contributed by atoms with Crippen molar-refractivity contribution in [2.45, 2.75) is 37.1 Å². The van der Waals surface area contributed by atoms with Crippen LogP contribution in [-0.2, 0) is 14.8 Å². The minimum atomic E-state index is -3.74. The molecule has 6 nitrogen and oxygen atoms in total. The third-order valence-electron chi connectivity index (χ3n) is 2.92. The number of nitrogens with one attached hydrogen (secondary N) is 1. The van der Waals surface area contributed by atoms with Crippen LogP contribution in [0.4, 0.5) is 0 Å². The molecule has 8 heteroatoms. The van der Waals surface area contributed by atoms with Gasteiger partial charge in [-0.15, -0.1) is 17.0 Å². The first kappa shape index (κ1) is 20.0. The molecule has 0 aliphatic heterocycles. The number of sulfonamides is 1. The van der Waals surface area contributed by atoms with Gasteiger partial charge in [0.15, 0.2) is 0 Å². The fourth-order valence-electron chi connectivity index (χ4n) is 1.72. The van der Waals surface area contributed by atoms with Crippen molar-refractivity contribution < 1.29 is 13.2 Å². The van der Waals surface area contributed by atoms with Gasteiger partial charge in [-0.05, 0) is 38.4 Å². The first-order valence-electron chi connectivity index (χ1n) is 6.45. The highest BCUT2D eigenvalue weighted by Crippen LogP contribution is 2.12. The molecule has 0 aliphatic carbocycles. The van der Waals surface area contributed by atoms with Crippen LogP contribution in [0.2, 0.25) is 0 Å². The molecule has 0 aromatic heterocycles. The molecule has 21 heavy (non-hydrogen) atoms. The zero-order valence-electron chi connectivity index (χ0n) is 11.9. The third-order valence-corrected chi connectivity index (χ3v) is 4.41. The Kier molecular flexibility index (Phi) is 8.72. The molecule has 5 N–H and O–H groups in total. The molecule has 0 bridgehead atoms. The van der Waals surface area contributed by atoms with Crippen LogP contribution in [0, 0.1) is 6.92 Å². The highest BCUT2D eigenvalue weighted by Gasteiger charge is 2.23. The van der Waals surface area contributed by atoms with Crippen LogP contribution in [-0.4, -0.2) is 26.9 Å². The van der Waals surface area contributed by atoms with Crippen molar-refractivity contribution in [2.75, 3.05) is 6.54 Å². The molecule has 0 radical (unpaired) electrons. The lowest BCUT2D eigenvalue weighted by Crippen LogP contribution is -2.44. The molecule has 0 heterocycles. The SMILES string of the molecule is Br.Cc1ccc(S(=O)(=O)N[C@@H](CCCCN)C(N)=O)cc1. The molecule has 0 saturated heterocycles. The van der Waals surface area contributed by atoms with Crippen LogP contribution < -0.4 is 16.2 Å². The van der Waals surface area contributed by atoms with Gasteiger partial charge in [-0.1, -0.05) is 24.1 Å². The van der Waals surface area contributed by atoms with Gasteiger partial charge >= 0.3 is 0 Å². The number of halogens is 1. The van der Waals surface area contributed by atoms with Crippen LogP contribution in [0.3, 0.4) is 0 Å². The predicted octanol–water partition coefficient (Wildman–Crippen LogP) is 0.834. The molecule has 0 fully saturated rings. The van der Waals surface area contributed by atoms with Crippen LogP contribution in [0.15, 0.2) is 29.2 Å². The Labute approximate surface area is 136 Å². The zero-order chi connectivity index (χ0) is 15.2. The van der Waals surface area contributed by atoms with E-state index in [2.05, 4.69) is 4.72 Å². The Morgan fingerprint density at radius 2 is 1.81 bits per heavy atom. The number of amides is 1. The average Bonchev–Trinajstić information content (AvgIpc) is 2.38. The van der Waals surface area contributed by atoms with Gasteiger partial charge < -0.3 is 11.5 Å². The summed E-state index contributed by atoms with van der Waals surface area (Å²) in [4.78, 5) is 11.4. The molecular formula is C13H22BrN3O3S. The minimum Gasteiger partial charge on any atom is -0.368 e. The lowest BCUT2D eigenvalue weighted by molar-refractivity contribution is -0.119. The normalized spacial score (nSPS) is 12.5. The fraction of sp³-hybridized carbons (Fsp3) is 0.462. The number of primary amides is 1. The molecule has 0 saturated carbocycles. The van der Waals surface area contributed by atoms with Gasteiger partial charge in [0.25, 0.3) is 0 Å². The van der Waals surface area contributed by atoms with E-state index in [1.165, 1.54) is 12.1 Å². The molecule has 1 aromatic carbocycles. The highest BCUT2D eigenvalue weighted by atomic mass is 79.9. The summed E-state index contributed by atoms with van der Waals surface area (Å²) < 4.78 is 26.6. The average molecular weight is 380 g/mol. The summed E-state index contributed by atoms with van der Waals surface area (Å²) in [6.45, 7) is 2.36. The van der Waals surface area contributed by atoms with Gasteiger partial charge in [0, 0.05) is 0 Å². The van der Waals surface area contributed by atoms with Gasteiger partial charge in [-0.25, -0.2) is 8.42 Å². The molecule has 1 rings (SSSR count). The number of unbranched alkanes of at least 4 members (excludes halogenated alkanes) is 1. The standard InChI is InChI=1S/C13H21N3O3S.BrH/c1-10-5-7-11(8-6-10)20(18,19)16-12(13(15)17)4-2-3-9-14;/h5-8,12,16H,2-4,9,14H2,1H3,(H2,15,17);1H/t12-;/m0./s1. The second-order valence-electron chi connectivity index (χ2n) is 4.67. The van der Waals surface area contributed by atoms with Crippen molar-refractivity contribution in [1.82, 2.24) is 4.72 Å². The summed E-state index contributed by atoms with van der Waals surface area (Å²) in [7, 11) is -3.74. The van der Waals surface area contributed by atoms with E-state index in [-0.39, 0.29) is 21.9 Å². The van der Waals surface area contributed by atoms with E-state index in [1.54, 1.807) is 12.1 Å². The highest BCUT2D eigenvalue weighted by molar-refractivity contribution is 8.93. The number of carbonyl (C=O) groups is 1. The van der Waals surface area contributed by atoms with Crippen molar-refractivity contribution in [3.63, 3.8) is 0 Å². The number of carbonyl (C=O) groups excluding carboxylic acids is 1. The molecule has 1 aromatic rings. The lowest BCUT2D eigenvalue weighted by Gasteiger charge is -2.15.